The maximum Gasteiger partial charge on any atom is 0.164 e. The quantitative estimate of drug-likeness (QED) is 0.161. The average Bonchev–Trinajstić information content (AvgIpc) is 3.66. The van der Waals surface area contributed by atoms with Gasteiger partial charge in [0.15, 0.2) is 17.5 Å². The van der Waals surface area contributed by atoms with E-state index in [0.717, 1.165) is 22.3 Å². The van der Waals surface area contributed by atoms with Crippen molar-refractivity contribution in [1.29, 1.82) is 0 Å². The van der Waals surface area contributed by atoms with Gasteiger partial charge in [0, 0.05) is 27.5 Å². The first-order valence-electron chi connectivity index (χ1n) is 19.7. The minimum atomic E-state index is -0.763. The molecule has 0 atom stereocenters. The molecule has 0 unspecified atom stereocenters. The number of rotatable bonds is 7. The van der Waals surface area contributed by atoms with Crippen LogP contribution in [0.1, 0.15) is 31.8 Å². The van der Waals surface area contributed by atoms with Gasteiger partial charge in [0.05, 0.1) is 15.0 Å². The van der Waals surface area contributed by atoms with Crippen LogP contribution >= 0.6 is 0 Å². The van der Waals surface area contributed by atoms with Gasteiger partial charge in [-0.3, -0.25) is 0 Å². The van der Waals surface area contributed by atoms with Crippen LogP contribution in [0.5, 0.6) is 0 Å². The molecule has 0 N–H and O–H groups in total. The van der Waals surface area contributed by atoms with E-state index in [1.54, 1.807) is 0 Å². The molecule has 0 aliphatic carbocycles. The molecular formula is C46H31N3O. The van der Waals surface area contributed by atoms with Crippen LogP contribution in [0.25, 0.3) is 56.1 Å². The van der Waals surface area contributed by atoms with Crippen LogP contribution in [0.2, 0.25) is 0 Å². The van der Waals surface area contributed by atoms with Crippen LogP contribution in [-0.2, 0) is 5.41 Å². The van der Waals surface area contributed by atoms with Crippen LogP contribution in [0, 0.1) is 0 Å². The van der Waals surface area contributed by atoms with Crippen molar-refractivity contribution in [2.75, 3.05) is 0 Å². The van der Waals surface area contributed by atoms with Gasteiger partial charge in [-0.1, -0.05) is 170 Å². The van der Waals surface area contributed by atoms with Crippen molar-refractivity contribution in [1.82, 2.24) is 15.0 Å². The van der Waals surface area contributed by atoms with Gasteiger partial charge in [0.25, 0.3) is 0 Å². The average molecular weight is 649 g/mol. The molecule has 0 aliphatic heterocycles. The summed E-state index contributed by atoms with van der Waals surface area (Å²) in [6, 6.07) is 45.2. The highest BCUT2D eigenvalue weighted by Crippen LogP contribution is 2.46. The Kier molecular flexibility index (Phi) is 5.67. The van der Waals surface area contributed by atoms with E-state index in [1.165, 1.54) is 0 Å². The van der Waals surface area contributed by atoms with E-state index >= 15 is 0 Å². The van der Waals surface area contributed by atoms with Crippen LogP contribution < -0.4 is 0 Å². The zero-order valence-electron chi connectivity index (χ0n) is 33.6. The molecule has 0 bridgehead atoms. The lowest BCUT2D eigenvalue weighted by molar-refractivity contribution is 0.669. The van der Waals surface area contributed by atoms with Crippen molar-refractivity contribution in [3.05, 3.63) is 210 Å². The highest BCUT2D eigenvalue weighted by atomic mass is 16.3. The number of para-hydroxylation sites is 1. The summed E-state index contributed by atoms with van der Waals surface area (Å²) in [6.45, 7) is 0. The predicted molar refractivity (Wildman–Crippen MR) is 202 cm³/mol. The maximum atomic E-state index is 9.20. The van der Waals surface area contributed by atoms with Gasteiger partial charge in [-0.2, -0.15) is 0 Å². The Morgan fingerprint density at radius 3 is 1.58 bits per heavy atom. The van der Waals surface area contributed by atoms with Crippen molar-refractivity contribution in [3.63, 3.8) is 0 Å². The predicted octanol–water partition coefficient (Wildman–Crippen LogP) is 11.2. The fourth-order valence-electron chi connectivity index (χ4n) is 6.82. The second-order valence-electron chi connectivity index (χ2n) is 11.9. The normalized spacial score (nSPS) is 13.6. The van der Waals surface area contributed by atoms with E-state index in [0.29, 0.717) is 11.1 Å². The van der Waals surface area contributed by atoms with E-state index in [2.05, 4.69) is 48.5 Å². The van der Waals surface area contributed by atoms with E-state index < -0.39 is 41.7 Å². The fraction of sp³-hybridized carbons (Fsp3) is 0.0217. The van der Waals surface area contributed by atoms with Crippen molar-refractivity contribution < 1.29 is 14.0 Å². The standard InChI is InChI=1S/C46H31N3O/c1-5-17-32(18-6-1)43-47-44(49-45(48-43)39-28-16-30-41-42(39)38-27-13-14-29-40(38)50-41)33-19-15-26-37(31-33)46(34-20-7-2-8-21-34,35-22-9-3-10-23-35)36-24-11-4-12-25-36/h1-31H/i13D,14D,16D,27D,28D,29D,30D. The maximum absolute atomic E-state index is 9.20. The van der Waals surface area contributed by atoms with Crippen LogP contribution in [0.15, 0.2) is 192 Å². The third kappa shape index (κ3) is 4.97. The summed E-state index contributed by atoms with van der Waals surface area (Å²) in [5, 5.41) is 0.0424. The summed E-state index contributed by atoms with van der Waals surface area (Å²) in [4.78, 5) is 14.8. The van der Waals surface area contributed by atoms with Crippen molar-refractivity contribution in [2.45, 2.75) is 5.41 Å². The molecule has 4 heteroatoms. The zero-order valence-corrected chi connectivity index (χ0v) is 26.6. The number of fused-ring (bicyclic) bond motifs is 3. The third-order valence-electron chi connectivity index (χ3n) is 9.01. The van der Waals surface area contributed by atoms with Crippen LogP contribution in [0.4, 0.5) is 0 Å². The Bertz CT molecular complexity index is 2880. The zero-order chi connectivity index (χ0) is 39.4. The Morgan fingerprint density at radius 1 is 0.440 bits per heavy atom. The van der Waals surface area contributed by atoms with E-state index in [9.17, 15) is 1.37 Å². The molecule has 0 spiro atoms. The molecule has 236 valence electrons. The molecule has 50 heavy (non-hydrogen) atoms. The summed E-state index contributed by atoms with van der Waals surface area (Å²) < 4.78 is 66.8. The topological polar surface area (TPSA) is 51.8 Å². The molecular weight excluding hydrogens is 611 g/mol. The van der Waals surface area contributed by atoms with Crippen molar-refractivity contribution in [3.8, 4) is 34.2 Å². The molecule has 0 fully saturated rings. The molecule has 4 nitrogen and oxygen atoms in total. The lowest BCUT2D eigenvalue weighted by Crippen LogP contribution is -2.31. The molecule has 0 saturated carbocycles. The number of nitrogens with zero attached hydrogens (tertiary/aromatic N) is 3. The molecule has 0 amide bonds. The van der Waals surface area contributed by atoms with Crippen LogP contribution in [-0.4, -0.2) is 15.0 Å². The number of furan rings is 1. The van der Waals surface area contributed by atoms with Gasteiger partial charge in [-0.15, -0.1) is 0 Å². The molecule has 0 radical (unpaired) electrons. The van der Waals surface area contributed by atoms with Crippen molar-refractivity contribution >= 4 is 21.9 Å². The lowest BCUT2D eigenvalue weighted by atomic mass is 9.65. The van der Waals surface area contributed by atoms with Gasteiger partial charge in [-0.05, 0) is 40.4 Å². The summed E-state index contributed by atoms with van der Waals surface area (Å²) in [6.07, 6.45) is 0. The Morgan fingerprint density at radius 2 is 0.940 bits per heavy atom. The Hall–Kier alpha value is -6.65. The number of aromatic nitrogens is 3. The second-order valence-corrected chi connectivity index (χ2v) is 11.9. The minimum Gasteiger partial charge on any atom is -0.456 e. The Balaban J connectivity index is 1.36. The second kappa shape index (κ2) is 12.4. The SMILES string of the molecule is [2H]c1c([2H])c([2H])c2c(oc3c([2H])c([2H])c([2H])c(-c4nc(-c5ccccc5)nc(-c5cccc(C(c6ccccc6)(c6ccccc6)c6ccccc6)c5)n4)c32)c1[2H]. The smallest absolute Gasteiger partial charge is 0.164 e. The molecule has 2 heterocycles. The van der Waals surface area contributed by atoms with Gasteiger partial charge >= 0.3 is 0 Å². The fourth-order valence-corrected chi connectivity index (χ4v) is 6.82. The van der Waals surface area contributed by atoms with E-state index in [-0.39, 0.29) is 51.0 Å². The summed E-state index contributed by atoms with van der Waals surface area (Å²) in [5.74, 6) is 0.543. The summed E-state index contributed by atoms with van der Waals surface area (Å²) in [7, 11) is 0. The highest BCUT2D eigenvalue weighted by molar-refractivity contribution is 6.11. The minimum absolute atomic E-state index is 0.000954. The van der Waals surface area contributed by atoms with Crippen molar-refractivity contribution in [2.24, 2.45) is 0 Å². The van der Waals surface area contributed by atoms with Gasteiger partial charge in [-0.25, -0.2) is 15.0 Å². The first-order valence-corrected chi connectivity index (χ1v) is 16.2. The Labute approximate surface area is 300 Å². The van der Waals surface area contributed by atoms with E-state index in [1.807, 2.05) is 97.1 Å². The molecule has 0 saturated heterocycles. The largest absolute Gasteiger partial charge is 0.456 e. The number of hydrogen-bond acceptors (Lipinski definition) is 4. The first-order chi connectivity index (χ1) is 27.7. The van der Waals surface area contributed by atoms with Crippen LogP contribution in [0.3, 0.4) is 0 Å². The summed E-state index contributed by atoms with van der Waals surface area (Å²) >= 11 is 0. The molecule has 9 rings (SSSR count). The molecule has 7 aromatic carbocycles. The number of benzene rings is 7. The lowest BCUT2D eigenvalue weighted by Gasteiger charge is -2.37. The molecule has 2 aromatic heterocycles. The van der Waals surface area contributed by atoms with E-state index in [4.69, 9.17) is 27.6 Å². The monoisotopic (exact) mass is 648 g/mol. The highest BCUT2D eigenvalue weighted by Gasteiger charge is 2.38. The third-order valence-corrected chi connectivity index (χ3v) is 9.01. The van der Waals surface area contributed by atoms with Gasteiger partial charge < -0.3 is 4.42 Å². The van der Waals surface area contributed by atoms with Gasteiger partial charge in [0.2, 0.25) is 0 Å². The number of hydrogen-bond donors (Lipinski definition) is 0. The summed E-state index contributed by atoms with van der Waals surface area (Å²) in [5.41, 5.74) is 4.31. The van der Waals surface area contributed by atoms with Gasteiger partial charge in [0.1, 0.15) is 11.2 Å². The first kappa shape index (κ1) is 22.8. The molecule has 0 aliphatic rings. The molecule has 9 aromatic rings.